The SMILES string of the molecule is CC(C)(C)C(=O)NC12CC[C@@]3(OC1)[C@H]1Cc4ccc(O)cc4[C@@]3(CCN1CC1CC1)C2. The van der Waals surface area contributed by atoms with Crippen LogP contribution in [-0.2, 0) is 21.4 Å². The van der Waals surface area contributed by atoms with Crippen LogP contribution >= 0.6 is 0 Å². The molecule has 5 heteroatoms. The quantitative estimate of drug-likeness (QED) is 0.779. The zero-order valence-electron chi connectivity index (χ0n) is 19.2. The van der Waals surface area contributed by atoms with Crippen molar-refractivity contribution < 1.29 is 14.6 Å². The molecule has 1 aromatic rings. The molecule has 1 spiro atoms. The number of benzene rings is 1. The van der Waals surface area contributed by atoms with Crippen molar-refractivity contribution in [2.45, 2.75) is 88.3 Å². The van der Waals surface area contributed by atoms with E-state index in [0.29, 0.717) is 18.4 Å². The Morgan fingerprint density at radius 2 is 2.06 bits per heavy atom. The van der Waals surface area contributed by atoms with Crippen LogP contribution in [0.4, 0.5) is 0 Å². The van der Waals surface area contributed by atoms with Crippen LogP contribution in [-0.4, -0.2) is 52.8 Å². The Morgan fingerprint density at radius 1 is 1.26 bits per heavy atom. The summed E-state index contributed by atoms with van der Waals surface area (Å²) in [5, 5.41) is 13.9. The minimum atomic E-state index is -0.419. The maximum Gasteiger partial charge on any atom is 0.225 e. The van der Waals surface area contributed by atoms with E-state index in [1.165, 1.54) is 30.5 Å². The maximum absolute atomic E-state index is 13.0. The second kappa shape index (κ2) is 6.26. The van der Waals surface area contributed by atoms with Crippen molar-refractivity contribution in [1.82, 2.24) is 10.2 Å². The number of amides is 1. The molecule has 168 valence electrons. The summed E-state index contributed by atoms with van der Waals surface area (Å²) in [6.07, 6.45) is 7.68. The molecule has 7 rings (SSSR count). The fourth-order valence-electron chi connectivity index (χ4n) is 7.32. The molecule has 3 heterocycles. The van der Waals surface area contributed by atoms with Gasteiger partial charge in [-0.3, -0.25) is 9.69 Å². The number of nitrogens with one attached hydrogen (secondary N) is 1. The van der Waals surface area contributed by atoms with E-state index in [-0.39, 0.29) is 22.5 Å². The third kappa shape index (κ3) is 2.78. The van der Waals surface area contributed by atoms with Crippen LogP contribution in [0.5, 0.6) is 5.75 Å². The van der Waals surface area contributed by atoms with E-state index in [4.69, 9.17) is 4.74 Å². The van der Waals surface area contributed by atoms with Gasteiger partial charge in [-0.25, -0.2) is 0 Å². The predicted octanol–water partition coefficient (Wildman–Crippen LogP) is 3.52. The second-order valence-corrected chi connectivity index (χ2v) is 12.2. The molecule has 0 aromatic heterocycles. The second-order valence-electron chi connectivity index (χ2n) is 12.2. The Kier molecular flexibility index (Phi) is 4.05. The van der Waals surface area contributed by atoms with Gasteiger partial charge < -0.3 is 15.2 Å². The van der Waals surface area contributed by atoms with Gasteiger partial charge in [-0.05, 0) is 80.7 Å². The number of hydrogen-bond acceptors (Lipinski definition) is 4. The number of piperidine rings is 1. The van der Waals surface area contributed by atoms with Crippen LogP contribution in [0.2, 0.25) is 0 Å². The van der Waals surface area contributed by atoms with Crippen molar-refractivity contribution >= 4 is 5.91 Å². The number of fused-ring (bicyclic) bond motifs is 3. The number of ether oxygens (including phenoxy) is 1. The van der Waals surface area contributed by atoms with Crippen molar-refractivity contribution in [3.05, 3.63) is 29.3 Å². The molecule has 2 saturated carbocycles. The summed E-state index contributed by atoms with van der Waals surface area (Å²) in [4.78, 5) is 15.7. The summed E-state index contributed by atoms with van der Waals surface area (Å²) < 4.78 is 6.93. The molecule has 1 amide bonds. The van der Waals surface area contributed by atoms with E-state index >= 15 is 0 Å². The van der Waals surface area contributed by atoms with Crippen molar-refractivity contribution in [2.75, 3.05) is 19.7 Å². The zero-order valence-corrected chi connectivity index (χ0v) is 19.2. The molecule has 3 saturated heterocycles. The predicted molar refractivity (Wildman–Crippen MR) is 119 cm³/mol. The molecular weight excluding hydrogens is 388 g/mol. The highest BCUT2D eigenvalue weighted by Gasteiger charge is 2.71. The van der Waals surface area contributed by atoms with Crippen LogP contribution in [0.3, 0.4) is 0 Å². The van der Waals surface area contributed by atoms with Crippen LogP contribution < -0.4 is 5.32 Å². The molecule has 31 heavy (non-hydrogen) atoms. The van der Waals surface area contributed by atoms with Crippen LogP contribution in [0, 0.1) is 11.3 Å². The number of carbonyl (C=O) groups excluding carboxylic acids is 1. The lowest BCUT2D eigenvalue weighted by atomic mass is 9.45. The molecular formula is C26H36N2O3. The first-order chi connectivity index (χ1) is 14.7. The average Bonchev–Trinajstić information content (AvgIpc) is 3.54. The molecule has 5 nitrogen and oxygen atoms in total. The Labute approximate surface area is 185 Å². The Balaban J connectivity index is 1.44. The number of nitrogens with zero attached hydrogens (tertiary/aromatic N) is 1. The average molecular weight is 425 g/mol. The van der Waals surface area contributed by atoms with E-state index in [9.17, 15) is 9.90 Å². The fourth-order valence-corrected chi connectivity index (χ4v) is 7.32. The van der Waals surface area contributed by atoms with Gasteiger partial charge in [-0.1, -0.05) is 26.8 Å². The first-order valence-electron chi connectivity index (χ1n) is 12.2. The highest BCUT2D eigenvalue weighted by Crippen LogP contribution is 2.65. The van der Waals surface area contributed by atoms with Crippen LogP contribution in [0.25, 0.3) is 0 Å². The lowest BCUT2D eigenvalue weighted by Crippen LogP contribution is -2.81. The van der Waals surface area contributed by atoms with E-state index in [2.05, 4.69) is 16.3 Å². The van der Waals surface area contributed by atoms with Gasteiger partial charge in [0, 0.05) is 23.4 Å². The number of phenols is 1. The van der Waals surface area contributed by atoms with Crippen molar-refractivity contribution in [1.29, 1.82) is 0 Å². The van der Waals surface area contributed by atoms with Gasteiger partial charge in [0.2, 0.25) is 5.91 Å². The minimum absolute atomic E-state index is 0.108. The van der Waals surface area contributed by atoms with Gasteiger partial charge >= 0.3 is 0 Å². The molecule has 4 atom stereocenters. The smallest absolute Gasteiger partial charge is 0.225 e. The number of aromatic hydroxyl groups is 1. The Morgan fingerprint density at radius 3 is 2.74 bits per heavy atom. The summed E-state index contributed by atoms with van der Waals surface area (Å²) in [6, 6.07) is 6.38. The normalized spacial score (nSPS) is 39.0. The van der Waals surface area contributed by atoms with Crippen LogP contribution in [0.15, 0.2) is 18.2 Å². The molecule has 3 aliphatic heterocycles. The van der Waals surface area contributed by atoms with Crippen molar-refractivity contribution in [3.63, 3.8) is 0 Å². The molecule has 2 N–H and O–H groups in total. The van der Waals surface area contributed by atoms with Crippen molar-refractivity contribution in [2.24, 2.45) is 11.3 Å². The maximum atomic E-state index is 13.0. The van der Waals surface area contributed by atoms with Gasteiger partial charge in [0.05, 0.1) is 17.7 Å². The van der Waals surface area contributed by atoms with Crippen molar-refractivity contribution in [3.8, 4) is 5.75 Å². The third-order valence-electron chi connectivity index (χ3n) is 9.11. The number of phenolic OH excluding ortho intramolecular Hbond substituents is 1. The van der Waals surface area contributed by atoms with E-state index in [1.54, 1.807) is 0 Å². The van der Waals surface area contributed by atoms with Gasteiger partial charge in [0.25, 0.3) is 0 Å². The summed E-state index contributed by atoms with van der Waals surface area (Å²) in [7, 11) is 0. The monoisotopic (exact) mass is 424 g/mol. The largest absolute Gasteiger partial charge is 0.508 e. The molecule has 1 unspecified atom stereocenters. The topological polar surface area (TPSA) is 61.8 Å². The zero-order chi connectivity index (χ0) is 21.6. The van der Waals surface area contributed by atoms with E-state index in [1.807, 2.05) is 32.9 Å². The lowest BCUT2D eigenvalue weighted by molar-refractivity contribution is -0.263. The lowest BCUT2D eigenvalue weighted by Gasteiger charge is -2.71. The first-order valence-corrected chi connectivity index (χ1v) is 12.2. The van der Waals surface area contributed by atoms with E-state index < -0.39 is 5.41 Å². The summed E-state index contributed by atoms with van der Waals surface area (Å²) >= 11 is 0. The fraction of sp³-hybridized carbons (Fsp3) is 0.731. The highest BCUT2D eigenvalue weighted by molar-refractivity contribution is 5.82. The van der Waals surface area contributed by atoms with Gasteiger partial charge in [0.1, 0.15) is 5.75 Å². The van der Waals surface area contributed by atoms with Gasteiger partial charge in [-0.15, -0.1) is 0 Å². The number of likely N-dealkylation sites (tertiary alicyclic amines) is 1. The number of carbonyl (C=O) groups is 1. The van der Waals surface area contributed by atoms with Gasteiger partial charge in [0.15, 0.2) is 0 Å². The standard InChI is InChI=1S/C26H36N2O3/c1-23(2,3)22(30)27-24-8-9-26(31-16-24)21-12-18-6-7-19(29)13-20(18)25(26,15-24)10-11-28(21)14-17-4-5-17/h6-7,13,17,21,29H,4-5,8-12,14-16H2,1-3H3,(H,27,30)/t21-,24?,25-,26-/m1/s1. The minimum Gasteiger partial charge on any atom is -0.508 e. The summed E-state index contributed by atoms with van der Waals surface area (Å²) in [5.41, 5.74) is 1.58. The van der Waals surface area contributed by atoms with Crippen LogP contribution in [0.1, 0.15) is 70.4 Å². The first kappa shape index (κ1) is 20.0. The van der Waals surface area contributed by atoms with Gasteiger partial charge in [-0.2, -0.15) is 0 Å². The Hall–Kier alpha value is -1.59. The van der Waals surface area contributed by atoms with E-state index in [0.717, 1.165) is 44.6 Å². The molecule has 0 radical (unpaired) electrons. The molecule has 5 fully saturated rings. The number of hydrogen-bond donors (Lipinski definition) is 2. The molecule has 1 aromatic carbocycles. The molecule has 4 bridgehead atoms. The third-order valence-corrected chi connectivity index (χ3v) is 9.11. The molecule has 6 aliphatic rings. The number of rotatable bonds is 3. The highest BCUT2D eigenvalue weighted by atomic mass is 16.5. The summed E-state index contributed by atoms with van der Waals surface area (Å²) in [5.74, 6) is 1.32. The molecule has 3 aliphatic carbocycles. The Bertz CT molecular complexity index is 923. The summed E-state index contributed by atoms with van der Waals surface area (Å²) in [6.45, 7) is 8.84.